The molecule has 80 valence electrons. The van der Waals surface area contributed by atoms with Gasteiger partial charge in [-0.25, -0.2) is 0 Å². The molecule has 0 aliphatic rings. The van der Waals surface area contributed by atoms with E-state index in [0.717, 1.165) is 10.2 Å². The van der Waals surface area contributed by atoms with Gasteiger partial charge in [0.05, 0.1) is 3.79 Å². The van der Waals surface area contributed by atoms with Crippen LogP contribution in [0.1, 0.15) is 11.8 Å². The smallest absolute Gasteiger partial charge is 0.0701 e. The number of hydrogen-bond donors (Lipinski definition) is 2. The third-order valence-electron chi connectivity index (χ3n) is 2.49. The summed E-state index contributed by atoms with van der Waals surface area (Å²) < 4.78 is 1.16. The molecule has 0 aromatic carbocycles. The third kappa shape index (κ3) is 3.35. The van der Waals surface area contributed by atoms with E-state index in [1.807, 2.05) is 0 Å². The molecule has 0 radical (unpaired) electrons. The van der Waals surface area contributed by atoms with Crippen LogP contribution in [0.5, 0.6) is 0 Å². The lowest BCUT2D eigenvalue weighted by Gasteiger charge is -2.19. The van der Waals surface area contributed by atoms with Crippen LogP contribution in [-0.2, 0) is 6.42 Å². The first kappa shape index (κ1) is 12.2. The lowest BCUT2D eigenvalue weighted by molar-refractivity contribution is 0.187. The summed E-state index contributed by atoms with van der Waals surface area (Å²) in [6.07, 6.45) is 0.999. The van der Waals surface area contributed by atoms with Gasteiger partial charge in [-0.3, -0.25) is 0 Å². The van der Waals surface area contributed by atoms with E-state index in [4.69, 9.17) is 10.8 Å². The Morgan fingerprint density at radius 2 is 2.29 bits per heavy atom. The molecule has 1 heterocycles. The van der Waals surface area contributed by atoms with Crippen LogP contribution in [0.3, 0.4) is 0 Å². The van der Waals surface area contributed by atoms with E-state index in [-0.39, 0.29) is 12.5 Å². The molecule has 4 heteroatoms. The van der Waals surface area contributed by atoms with E-state index in [1.165, 1.54) is 4.88 Å². The number of hydrogen-bond acceptors (Lipinski definition) is 3. The maximum atomic E-state index is 9.09. The number of aliphatic hydroxyl groups excluding tert-OH is 1. The molecule has 1 aromatic heterocycles. The number of thiophene rings is 1. The molecule has 0 saturated heterocycles. The van der Waals surface area contributed by atoms with Gasteiger partial charge >= 0.3 is 0 Å². The summed E-state index contributed by atoms with van der Waals surface area (Å²) in [5.74, 6) is 0.659. The average molecular weight is 278 g/mol. The molecule has 0 amide bonds. The van der Waals surface area contributed by atoms with Gasteiger partial charge in [0, 0.05) is 11.5 Å². The molecule has 0 spiro atoms. The maximum Gasteiger partial charge on any atom is 0.0701 e. The minimum atomic E-state index is 0.185. The van der Waals surface area contributed by atoms with Gasteiger partial charge in [0.25, 0.3) is 0 Å². The predicted octanol–water partition coefficient (Wildman–Crippen LogP) is 2.26. The van der Waals surface area contributed by atoms with E-state index in [9.17, 15) is 0 Å². The zero-order valence-corrected chi connectivity index (χ0v) is 10.6. The van der Waals surface area contributed by atoms with Crippen LogP contribution in [0.4, 0.5) is 0 Å². The third-order valence-corrected chi connectivity index (χ3v) is 4.14. The van der Waals surface area contributed by atoms with Crippen LogP contribution in [0.2, 0.25) is 0 Å². The van der Waals surface area contributed by atoms with Crippen molar-refractivity contribution in [3.8, 4) is 0 Å². The number of halogens is 1. The molecular formula is C10H16BrNOS. The monoisotopic (exact) mass is 277 g/mol. The highest BCUT2D eigenvalue weighted by molar-refractivity contribution is 9.11. The molecule has 2 unspecified atom stereocenters. The van der Waals surface area contributed by atoms with E-state index >= 15 is 0 Å². The standard InChI is InChI=1S/C10H16BrNOS/c1-7(8(5-12)6-13)4-9-2-3-10(11)14-9/h2-3,7-8,13H,4-6,12H2,1H3. The van der Waals surface area contributed by atoms with Gasteiger partial charge in [0.2, 0.25) is 0 Å². The fourth-order valence-electron chi connectivity index (χ4n) is 1.43. The molecule has 0 aliphatic carbocycles. The second-order valence-electron chi connectivity index (χ2n) is 3.57. The van der Waals surface area contributed by atoms with E-state index in [0.29, 0.717) is 12.5 Å². The zero-order valence-electron chi connectivity index (χ0n) is 8.24. The molecule has 0 bridgehead atoms. The average Bonchev–Trinajstić information content (AvgIpc) is 2.53. The number of aliphatic hydroxyl groups is 1. The minimum absolute atomic E-state index is 0.185. The SMILES string of the molecule is CC(Cc1ccc(Br)s1)C(CN)CO. The van der Waals surface area contributed by atoms with Crippen LogP contribution < -0.4 is 5.73 Å². The van der Waals surface area contributed by atoms with Gasteiger partial charge in [0.1, 0.15) is 0 Å². The van der Waals surface area contributed by atoms with Crippen molar-refractivity contribution in [2.45, 2.75) is 13.3 Å². The van der Waals surface area contributed by atoms with Crippen LogP contribution in [0.15, 0.2) is 15.9 Å². The van der Waals surface area contributed by atoms with Crippen molar-refractivity contribution in [3.63, 3.8) is 0 Å². The summed E-state index contributed by atoms with van der Waals surface area (Å²) in [4.78, 5) is 1.34. The number of nitrogens with two attached hydrogens (primary N) is 1. The van der Waals surface area contributed by atoms with Gasteiger partial charge in [-0.2, -0.15) is 0 Å². The summed E-state index contributed by atoms with van der Waals surface area (Å²) in [5, 5.41) is 9.09. The second-order valence-corrected chi connectivity index (χ2v) is 6.11. The van der Waals surface area contributed by atoms with E-state index < -0.39 is 0 Å². The molecule has 3 N–H and O–H groups in total. The Morgan fingerprint density at radius 1 is 1.57 bits per heavy atom. The Kier molecular flexibility index (Phi) is 5.09. The molecule has 1 rings (SSSR count). The first-order chi connectivity index (χ1) is 6.67. The van der Waals surface area contributed by atoms with Crippen molar-refractivity contribution in [2.24, 2.45) is 17.6 Å². The highest BCUT2D eigenvalue weighted by atomic mass is 79.9. The van der Waals surface area contributed by atoms with Gasteiger partial charge < -0.3 is 10.8 Å². The lowest BCUT2D eigenvalue weighted by atomic mass is 9.91. The molecule has 2 nitrogen and oxygen atoms in total. The molecule has 2 atom stereocenters. The second kappa shape index (κ2) is 5.85. The Balaban J connectivity index is 2.51. The fourth-order valence-corrected chi connectivity index (χ4v) is 3.06. The molecule has 0 aliphatic heterocycles. The summed E-state index contributed by atoms with van der Waals surface area (Å²) in [6.45, 7) is 2.88. The molecule has 0 saturated carbocycles. The first-order valence-corrected chi connectivity index (χ1v) is 6.33. The van der Waals surface area contributed by atoms with Crippen molar-refractivity contribution in [3.05, 3.63) is 20.8 Å². The molecule has 0 fully saturated rings. The highest BCUT2D eigenvalue weighted by Crippen LogP contribution is 2.26. The Labute approximate surface area is 97.3 Å². The highest BCUT2D eigenvalue weighted by Gasteiger charge is 2.15. The van der Waals surface area contributed by atoms with Crippen LogP contribution in [0.25, 0.3) is 0 Å². The van der Waals surface area contributed by atoms with Gasteiger partial charge in [-0.1, -0.05) is 6.92 Å². The van der Waals surface area contributed by atoms with Crippen molar-refractivity contribution >= 4 is 27.3 Å². The first-order valence-electron chi connectivity index (χ1n) is 4.72. The summed E-state index contributed by atoms with van der Waals surface area (Å²) in [7, 11) is 0. The van der Waals surface area contributed by atoms with Crippen LogP contribution in [-0.4, -0.2) is 18.3 Å². The van der Waals surface area contributed by atoms with Crippen molar-refractivity contribution in [1.82, 2.24) is 0 Å². The van der Waals surface area contributed by atoms with E-state index in [2.05, 4.69) is 35.0 Å². The summed E-state index contributed by atoms with van der Waals surface area (Å²) in [5.41, 5.74) is 5.58. The van der Waals surface area contributed by atoms with Crippen molar-refractivity contribution < 1.29 is 5.11 Å². The van der Waals surface area contributed by atoms with Gasteiger partial charge in [-0.15, -0.1) is 11.3 Å². The van der Waals surface area contributed by atoms with Gasteiger partial charge in [0.15, 0.2) is 0 Å². The summed E-state index contributed by atoms with van der Waals surface area (Å²) in [6, 6.07) is 4.18. The maximum absolute atomic E-state index is 9.09. The largest absolute Gasteiger partial charge is 0.396 e. The lowest BCUT2D eigenvalue weighted by Crippen LogP contribution is -2.26. The van der Waals surface area contributed by atoms with Gasteiger partial charge in [-0.05, 0) is 52.9 Å². The van der Waals surface area contributed by atoms with Crippen LogP contribution >= 0.6 is 27.3 Å². The topological polar surface area (TPSA) is 46.2 Å². The van der Waals surface area contributed by atoms with Crippen molar-refractivity contribution in [2.75, 3.05) is 13.2 Å². The number of rotatable bonds is 5. The quantitative estimate of drug-likeness (QED) is 0.867. The predicted molar refractivity (Wildman–Crippen MR) is 64.5 cm³/mol. The Bertz CT molecular complexity index is 273. The summed E-state index contributed by atoms with van der Waals surface area (Å²) >= 11 is 5.19. The minimum Gasteiger partial charge on any atom is -0.396 e. The van der Waals surface area contributed by atoms with Crippen molar-refractivity contribution in [1.29, 1.82) is 0 Å². The molecule has 14 heavy (non-hydrogen) atoms. The van der Waals surface area contributed by atoms with Crippen LogP contribution in [0, 0.1) is 11.8 Å². The molecule has 1 aromatic rings. The molecular weight excluding hydrogens is 262 g/mol. The Hall–Kier alpha value is 0.1000. The zero-order chi connectivity index (χ0) is 10.6. The van der Waals surface area contributed by atoms with E-state index in [1.54, 1.807) is 11.3 Å². The Morgan fingerprint density at radius 3 is 2.71 bits per heavy atom. The normalized spacial score (nSPS) is 15.4. The fraction of sp³-hybridized carbons (Fsp3) is 0.600.